The van der Waals surface area contributed by atoms with Crippen LogP contribution in [0.2, 0.25) is 0 Å². The number of hydrogen-bond acceptors (Lipinski definition) is 4. The lowest BCUT2D eigenvalue weighted by atomic mass is 10.0. The molecule has 1 amide bonds. The van der Waals surface area contributed by atoms with Gasteiger partial charge in [-0.2, -0.15) is 0 Å². The van der Waals surface area contributed by atoms with Gasteiger partial charge in [0.25, 0.3) is 0 Å². The highest BCUT2D eigenvalue weighted by Crippen LogP contribution is 2.37. The summed E-state index contributed by atoms with van der Waals surface area (Å²) in [5.41, 5.74) is 1.75. The van der Waals surface area contributed by atoms with Gasteiger partial charge in [0.15, 0.2) is 5.16 Å². The molecule has 0 unspecified atom stereocenters. The van der Waals surface area contributed by atoms with Crippen molar-refractivity contribution in [1.29, 1.82) is 0 Å². The highest BCUT2D eigenvalue weighted by atomic mass is 32.2. The summed E-state index contributed by atoms with van der Waals surface area (Å²) < 4.78 is 1.66. The van der Waals surface area contributed by atoms with Crippen LogP contribution in [0.4, 0.5) is 5.69 Å². The summed E-state index contributed by atoms with van der Waals surface area (Å²) in [5.74, 6) is 0.238. The minimum atomic E-state index is -0.349. The molecular weight excluding hydrogens is 324 g/mol. The van der Waals surface area contributed by atoms with E-state index in [-0.39, 0.29) is 22.9 Å². The fraction of sp³-hybridized carbons (Fsp3) is 0.471. The number of carbonyl (C=O) groups excluding carboxylic acids is 1. The third-order valence-electron chi connectivity index (χ3n) is 4.08. The number of anilines is 1. The van der Waals surface area contributed by atoms with E-state index in [1.54, 1.807) is 4.57 Å². The predicted octanol–water partition coefficient (Wildman–Crippen LogP) is 3.15. The van der Waals surface area contributed by atoms with Crippen LogP contribution in [0, 0.1) is 0 Å². The van der Waals surface area contributed by atoms with Gasteiger partial charge >= 0.3 is 5.69 Å². The Bertz CT molecular complexity index is 792. The lowest BCUT2D eigenvalue weighted by Crippen LogP contribution is -2.24. The van der Waals surface area contributed by atoms with Crippen molar-refractivity contribution in [1.82, 2.24) is 14.8 Å². The molecule has 1 aromatic carbocycles. The Labute approximate surface area is 145 Å². The molecule has 0 spiro atoms. The van der Waals surface area contributed by atoms with E-state index in [1.165, 1.54) is 11.8 Å². The maximum Gasteiger partial charge on any atom is 0.344 e. The van der Waals surface area contributed by atoms with Crippen LogP contribution >= 0.6 is 11.8 Å². The van der Waals surface area contributed by atoms with Crippen molar-refractivity contribution in [2.24, 2.45) is 0 Å². The van der Waals surface area contributed by atoms with E-state index in [2.05, 4.69) is 29.4 Å². The maximum atomic E-state index is 12.5. The Hall–Kier alpha value is -2.02. The van der Waals surface area contributed by atoms with Crippen LogP contribution in [-0.4, -0.2) is 25.9 Å². The molecule has 0 aliphatic heterocycles. The number of H-pyrrole nitrogens is 1. The number of hydrogen-bond donors (Lipinski definition) is 2. The molecule has 1 aromatic heterocycles. The average molecular weight is 346 g/mol. The summed E-state index contributed by atoms with van der Waals surface area (Å²) in [7, 11) is 0. The molecule has 7 heteroatoms. The number of aromatic amines is 1. The number of amides is 1. The van der Waals surface area contributed by atoms with Gasteiger partial charge in [-0.25, -0.2) is 9.89 Å². The van der Waals surface area contributed by atoms with Gasteiger partial charge in [0, 0.05) is 11.7 Å². The average Bonchev–Trinajstić information content (AvgIpc) is 3.32. The second-order valence-electron chi connectivity index (χ2n) is 6.40. The number of para-hydroxylation sites is 1. The first-order chi connectivity index (χ1) is 11.5. The van der Waals surface area contributed by atoms with Crippen molar-refractivity contribution in [3.63, 3.8) is 0 Å². The zero-order valence-electron chi connectivity index (χ0n) is 14.1. The second kappa shape index (κ2) is 6.84. The first-order valence-corrected chi connectivity index (χ1v) is 9.08. The number of benzene rings is 1. The minimum Gasteiger partial charge on any atom is -0.325 e. The van der Waals surface area contributed by atoms with Crippen LogP contribution in [0.3, 0.4) is 0 Å². The molecule has 1 saturated carbocycles. The molecule has 128 valence electrons. The molecule has 1 fully saturated rings. The fourth-order valence-corrected chi connectivity index (χ4v) is 3.51. The van der Waals surface area contributed by atoms with E-state index < -0.39 is 0 Å². The lowest BCUT2D eigenvalue weighted by molar-refractivity contribution is -0.115. The summed E-state index contributed by atoms with van der Waals surface area (Å²) in [6, 6.07) is 8.06. The molecule has 1 heterocycles. The number of nitrogens with zero attached hydrogens (tertiary/aromatic N) is 2. The van der Waals surface area contributed by atoms with Crippen LogP contribution < -0.4 is 11.0 Å². The van der Waals surface area contributed by atoms with Gasteiger partial charge in [0.2, 0.25) is 5.91 Å². The Morgan fingerprint density at radius 1 is 1.33 bits per heavy atom. The standard InChI is InChI=1S/C17H22N4O2S/c1-10(2)13-6-4-5-7-14(13)18-15(22)11(3)24-17-20-19-16(23)21(17)12-8-9-12/h4-7,10-12H,8-9H2,1-3H3,(H,18,22)(H,19,23)/t11-/m1/s1. The fourth-order valence-electron chi connectivity index (χ4n) is 2.59. The lowest BCUT2D eigenvalue weighted by Gasteiger charge is -2.16. The maximum absolute atomic E-state index is 12.5. The predicted molar refractivity (Wildman–Crippen MR) is 95.6 cm³/mol. The molecule has 24 heavy (non-hydrogen) atoms. The molecule has 1 aliphatic rings. The first-order valence-electron chi connectivity index (χ1n) is 8.20. The summed E-state index contributed by atoms with van der Waals surface area (Å²) in [5, 5.41) is 9.78. The van der Waals surface area contributed by atoms with Gasteiger partial charge in [-0.1, -0.05) is 43.8 Å². The Morgan fingerprint density at radius 2 is 2.04 bits per heavy atom. The molecule has 6 nitrogen and oxygen atoms in total. The van der Waals surface area contributed by atoms with Crippen LogP contribution in [0.1, 0.15) is 51.1 Å². The van der Waals surface area contributed by atoms with Crippen molar-refractivity contribution in [3.05, 3.63) is 40.3 Å². The van der Waals surface area contributed by atoms with E-state index in [9.17, 15) is 9.59 Å². The van der Waals surface area contributed by atoms with Gasteiger partial charge in [-0.05, 0) is 37.3 Å². The van der Waals surface area contributed by atoms with Gasteiger partial charge in [-0.3, -0.25) is 9.36 Å². The molecule has 2 N–H and O–H groups in total. The topological polar surface area (TPSA) is 79.8 Å². The molecule has 0 radical (unpaired) electrons. The van der Waals surface area contributed by atoms with Gasteiger partial charge < -0.3 is 5.32 Å². The molecule has 0 bridgehead atoms. The molecular formula is C17H22N4O2S. The van der Waals surface area contributed by atoms with Gasteiger partial charge in [0.1, 0.15) is 0 Å². The number of carbonyl (C=O) groups is 1. The molecule has 0 saturated heterocycles. The zero-order valence-corrected chi connectivity index (χ0v) is 14.9. The Kier molecular flexibility index (Phi) is 4.80. The Morgan fingerprint density at radius 3 is 2.71 bits per heavy atom. The van der Waals surface area contributed by atoms with Crippen molar-refractivity contribution in [2.75, 3.05) is 5.32 Å². The third-order valence-corrected chi connectivity index (χ3v) is 5.14. The molecule has 3 rings (SSSR count). The van der Waals surface area contributed by atoms with Crippen LogP contribution in [0.25, 0.3) is 0 Å². The van der Waals surface area contributed by atoms with Crippen LogP contribution in [-0.2, 0) is 4.79 Å². The number of nitrogens with one attached hydrogen (secondary N) is 2. The van der Waals surface area contributed by atoms with E-state index >= 15 is 0 Å². The second-order valence-corrected chi connectivity index (χ2v) is 7.71. The minimum absolute atomic E-state index is 0.0918. The zero-order chi connectivity index (χ0) is 17.3. The summed E-state index contributed by atoms with van der Waals surface area (Å²) >= 11 is 1.31. The highest BCUT2D eigenvalue weighted by Gasteiger charge is 2.30. The van der Waals surface area contributed by atoms with E-state index in [0.717, 1.165) is 24.1 Å². The highest BCUT2D eigenvalue weighted by molar-refractivity contribution is 8.00. The third kappa shape index (κ3) is 3.56. The van der Waals surface area contributed by atoms with Gasteiger partial charge in [0.05, 0.1) is 5.25 Å². The monoisotopic (exact) mass is 346 g/mol. The Balaban J connectivity index is 1.71. The molecule has 1 atom stereocenters. The number of aromatic nitrogens is 3. The van der Waals surface area contributed by atoms with E-state index in [0.29, 0.717) is 11.1 Å². The van der Waals surface area contributed by atoms with Crippen molar-refractivity contribution in [3.8, 4) is 0 Å². The van der Waals surface area contributed by atoms with E-state index in [1.807, 2.05) is 31.2 Å². The molecule has 1 aliphatic carbocycles. The van der Waals surface area contributed by atoms with Gasteiger partial charge in [-0.15, -0.1) is 5.10 Å². The van der Waals surface area contributed by atoms with Crippen molar-refractivity contribution < 1.29 is 4.79 Å². The summed E-state index contributed by atoms with van der Waals surface area (Å²) in [6.07, 6.45) is 1.99. The summed E-state index contributed by atoms with van der Waals surface area (Å²) in [6.45, 7) is 6.02. The molecule has 2 aromatic rings. The van der Waals surface area contributed by atoms with Crippen LogP contribution in [0.15, 0.2) is 34.2 Å². The summed E-state index contributed by atoms with van der Waals surface area (Å²) in [4.78, 5) is 24.4. The van der Waals surface area contributed by atoms with Crippen molar-refractivity contribution in [2.45, 2.75) is 56.0 Å². The largest absolute Gasteiger partial charge is 0.344 e. The number of thioether (sulfide) groups is 1. The normalized spacial score (nSPS) is 15.5. The first kappa shape index (κ1) is 16.8. The quantitative estimate of drug-likeness (QED) is 0.788. The number of rotatable bonds is 6. The SMILES string of the molecule is CC(C)c1ccccc1NC(=O)[C@@H](C)Sc1n[nH]c(=O)n1C1CC1. The van der Waals surface area contributed by atoms with Crippen LogP contribution in [0.5, 0.6) is 0 Å². The van der Waals surface area contributed by atoms with Crippen molar-refractivity contribution >= 4 is 23.4 Å². The smallest absolute Gasteiger partial charge is 0.325 e. The van der Waals surface area contributed by atoms with E-state index in [4.69, 9.17) is 0 Å².